The minimum atomic E-state index is -0.342. The number of hydrogen-bond acceptors (Lipinski definition) is 4. The second-order valence-electron chi connectivity index (χ2n) is 3.71. The van der Waals surface area contributed by atoms with Crippen molar-refractivity contribution in [1.82, 2.24) is 5.32 Å². The summed E-state index contributed by atoms with van der Waals surface area (Å²) in [5.41, 5.74) is 5.39. The van der Waals surface area contributed by atoms with Crippen molar-refractivity contribution in [3.8, 4) is 0 Å². The van der Waals surface area contributed by atoms with Crippen LogP contribution in [0, 0.1) is 0 Å². The third kappa shape index (κ3) is 4.75. The van der Waals surface area contributed by atoms with Gasteiger partial charge in [-0.3, -0.25) is 0 Å². The standard InChI is InChI=1S/C11H24N2O2/c1-5-6-7-8-13-11(2,9-12)10(14-3)15-4/h5-6,10,13H,7-9,12H2,1-4H3/b6-5+. The van der Waals surface area contributed by atoms with Crippen LogP contribution in [-0.2, 0) is 9.47 Å². The van der Waals surface area contributed by atoms with Crippen molar-refractivity contribution in [3.05, 3.63) is 12.2 Å². The van der Waals surface area contributed by atoms with Gasteiger partial charge in [-0.2, -0.15) is 0 Å². The minimum absolute atomic E-state index is 0.326. The highest BCUT2D eigenvalue weighted by Gasteiger charge is 2.32. The zero-order valence-corrected chi connectivity index (χ0v) is 10.2. The Morgan fingerprint density at radius 1 is 1.40 bits per heavy atom. The molecule has 0 aromatic rings. The predicted octanol–water partition coefficient (Wildman–Crippen LogP) is 0.879. The van der Waals surface area contributed by atoms with Crippen LogP contribution in [0.3, 0.4) is 0 Å². The number of hydrogen-bond donors (Lipinski definition) is 2. The Labute approximate surface area is 92.8 Å². The van der Waals surface area contributed by atoms with Crippen molar-refractivity contribution < 1.29 is 9.47 Å². The monoisotopic (exact) mass is 216 g/mol. The molecule has 1 unspecified atom stereocenters. The fourth-order valence-corrected chi connectivity index (χ4v) is 1.48. The molecule has 0 aliphatic heterocycles. The van der Waals surface area contributed by atoms with E-state index in [1.54, 1.807) is 14.2 Å². The molecule has 0 rings (SSSR count). The van der Waals surface area contributed by atoms with E-state index in [1.807, 2.05) is 19.9 Å². The maximum absolute atomic E-state index is 5.73. The van der Waals surface area contributed by atoms with Crippen molar-refractivity contribution in [2.24, 2.45) is 5.73 Å². The average Bonchev–Trinajstić information content (AvgIpc) is 2.26. The molecule has 1 atom stereocenters. The highest BCUT2D eigenvalue weighted by atomic mass is 16.7. The molecule has 0 spiro atoms. The van der Waals surface area contributed by atoms with Gasteiger partial charge in [0.2, 0.25) is 0 Å². The van der Waals surface area contributed by atoms with E-state index >= 15 is 0 Å². The van der Waals surface area contributed by atoms with E-state index in [0.29, 0.717) is 6.54 Å². The van der Waals surface area contributed by atoms with Gasteiger partial charge < -0.3 is 20.5 Å². The van der Waals surface area contributed by atoms with Gasteiger partial charge >= 0.3 is 0 Å². The maximum Gasteiger partial charge on any atom is 0.175 e. The first kappa shape index (κ1) is 14.6. The summed E-state index contributed by atoms with van der Waals surface area (Å²) in [4.78, 5) is 0. The molecule has 4 heteroatoms. The van der Waals surface area contributed by atoms with Crippen LogP contribution in [-0.4, -0.2) is 39.1 Å². The lowest BCUT2D eigenvalue weighted by molar-refractivity contribution is -0.148. The van der Waals surface area contributed by atoms with Crippen LogP contribution in [0.5, 0.6) is 0 Å². The van der Waals surface area contributed by atoms with Crippen molar-refractivity contribution in [3.63, 3.8) is 0 Å². The minimum Gasteiger partial charge on any atom is -0.354 e. The number of nitrogens with two attached hydrogens (primary N) is 1. The fraction of sp³-hybridized carbons (Fsp3) is 0.818. The van der Waals surface area contributed by atoms with Gasteiger partial charge in [-0.25, -0.2) is 0 Å². The third-order valence-corrected chi connectivity index (χ3v) is 2.45. The first-order chi connectivity index (χ1) is 7.14. The molecule has 90 valence electrons. The molecule has 0 aliphatic rings. The molecule has 0 amide bonds. The summed E-state index contributed by atoms with van der Waals surface area (Å²) >= 11 is 0. The third-order valence-electron chi connectivity index (χ3n) is 2.45. The summed E-state index contributed by atoms with van der Waals surface area (Å²) in [6.45, 7) is 5.34. The molecule has 0 aliphatic carbocycles. The van der Waals surface area contributed by atoms with Gasteiger partial charge in [-0.05, 0) is 26.8 Å². The molecule has 4 nitrogen and oxygen atoms in total. The van der Waals surface area contributed by atoms with Gasteiger partial charge in [-0.15, -0.1) is 0 Å². The van der Waals surface area contributed by atoms with Crippen LogP contribution >= 0.6 is 0 Å². The number of nitrogens with one attached hydrogen (secondary N) is 1. The van der Waals surface area contributed by atoms with Crippen molar-refractivity contribution in [2.45, 2.75) is 32.1 Å². The van der Waals surface area contributed by atoms with Gasteiger partial charge in [0.1, 0.15) is 0 Å². The Hall–Kier alpha value is -0.420. The molecule has 0 radical (unpaired) electrons. The Morgan fingerprint density at radius 2 is 2.00 bits per heavy atom. The van der Waals surface area contributed by atoms with Crippen LogP contribution in [0.25, 0.3) is 0 Å². The number of rotatable bonds is 8. The summed E-state index contributed by atoms with van der Waals surface area (Å²) < 4.78 is 10.5. The summed E-state index contributed by atoms with van der Waals surface area (Å²) in [5.74, 6) is 0. The molecule has 0 saturated carbocycles. The van der Waals surface area contributed by atoms with Crippen LogP contribution < -0.4 is 11.1 Å². The summed E-state index contributed by atoms with van der Waals surface area (Å²) in [7, 11) is 3.24. The highest BCUT2D eigenvalue weighted by molar-refractivity contribution is 4.89. The van der Waals surface area contributed by atoms with E-state index in [2.05, 4.69) is 11.4 Å². The predicted molar refractivity (Wildman–Crippen MR) is 62.7 cm³/mol. The lowest BCUT2D eigenvalue weighted by atomic mass is 10.0. The van der Waals surface area contributed by atoms with E-state index < -0.39 is 0 Å². The SMILES string of the molecule is C/C=C/CCNC(C)(CN)C(OC)OC. The largest absolute Gasteiger partial charge is 0.354 e. The summed E-state index contributed by atoms with van der Waals surface area (Å²) in [5, 5.41) is 3.36. The van der Waals surface area contributed by atoms with Crippen LogP contribution in [0.15, 0.2) is 12.2 Å². The molecule has 3 N–H and O–H groups in total. The second kappa shape index (κ2) is 7.82. The molecule has 15 heavy (non-hydrogen) atoms. The molecule has 0 fully saturated rings. The molecule has 0 aromatic carbocycles. The number of allylic oxidation sites excluding steroid dienone is 1. The number of ether oxygens (including phenoxy) is 2. The van der Waals surface area contributed by atoms with Crippen LogP contribution in [0.2, 0.25) is 0 Å². The van der Waals surface area contributed by atoms with E-state index in [9.17, 15) is 0 Å². The molecule has 0 bridgehead atoms. The Kier molecular flexibility index (Phi) is 7.60. The van der Waals surface area contributed by atoms with E-state index in [0.717, 1.165) is 13.0 Å². The van der Waals surface area contributed by atoms with Crippen LogP contribution in [0.1, 0.15) is 20.3 Å². The Morgan fingerprint density at radius 3 is 2.40 bits per heavy atom. The lowest BCUT2D eigenvalue weighted by Crippen LogP contribution is -2.58. The Balaban J connectivity index is 4.16. The second-order valence-corrected chi connectivity index (χ2v) is 3.71. The molecular weight excluding hydrogens is 192 g/mol. The molecular formula is C11H24N2O2. The molecule has 0 saturated heterocycles. The summed E-state index contributed by atoms with van der Waals surface area (Å²) in [6, 6.07) is 0. The first-order valence-corrected chi connectivity index (χ1v) is 5.26. The van der Waals surface area contributed by atoms with Gasteiger partial charge in [0.15, 0.2) is 6.29 Å². The molecule has 0 heterocycles. The van der Waals surface area contributed by atoms with Crippen molar-refractivity contribution >= 4 is 0 Å². The normalized spacial score (nSPS) is 16.1. The highest BCUT2D eigenvalue weighted by Crippen LogP contribution is 2.12. The van der Waals surface area contributed by atoms with Crippen molar-refractivity contribution in [2.75, 3.05) is 27.3 Å². The molecule has 0 aromatic heterocycles. The maximum atomic E-state index is 5.73. The zero-order chi connectivity index (χ0) is 11.7. The number of methoxy groups -OCH3 is 2. The van der Waals surface area contributed by atoms with Gasteiger partial charge in [-0.1, -0.05) is 12.2 Å². The summed E-state index contributed by atoms with van der Waals surface area (Å²) in [6.07, 6.45) is 4.80. The fourth-order valence-electron chi connectivity index (χ4n) is 1.48. The quantitative estimate of drug-likeness (QED) is 0.359. The van der Waals surface area contributed by atoms with Gasteiger partial charge in [0.05, 0.1) is 5.54 Å². The van der Waals surface area contributed by atoms with Gasteiger partial charge in [0, 0.05) is 20.8 Å². The van der Waals surface area contributed by atoms with E-state index in [1.165, 1.54) is 0 Å². The van der Waals surface area contributed by atoms with E-state index in [-0.39, 0.29) is 11.8 Å². The average molecular weight is 216 g/mol. The smallest absolute Gasteiger partial charge is 0.175 e. The van der Waals surface area contributed by atoms with E-state index in [4.69, 9.17) is 15.2 Å². The van der Waals surface area contributed by atoms with Gasteiger partial charge in [0.25, 0.3) is 0 Å². The first-order valence-electron chi connectivity index (χ1n) is 5.26. The van der Waals surface area contributed by atoms with Crippen molar-refractivity contribution in [1.29, 1.82) is 0 Å². The topological polar surface area (TPSA) is 56.5 Å². The lowest BCUT2D eigenvalue weighted by Gasteiger charge is -2.35. The zero-order valence-electron chi connectivity index (χ0n) is 10.2. The van der Waals surface area contributed by atoms with Crippen LogP contribution in [0.4, 0.5) is 0 Å². The Bertz CT molecular complexity index is 181.